The van der Waals surface area contributed by atoms with Crippen LogP contribution >= 0.6 is 11.3 Å². The number of nitrogens with zero attached hydrogens (tertiary/aromatic N) is 4. The van der Waals surface area contributed by atoms with Crippen LogP contribution in [0.1, 0.15) is 29.5 Å². The molecule has 0 spiro atoms. The van der Waals surface area contributed by atoms with Gasteiger partial charge in [-0.2, -0.15) is 0 Å². The van der Waals surface area contributed by atoms with Gasteiger partial charge in [-0.3, -0.25) is 4.79 Å². The molecule has 150 valence electrons. The number of thiazole rings is 1. The number of amides is 1. The molecule has 0 aliphatic heterocycles. The standard InChI is InChI=1S/C23H21N5OS/c1-2-10-28-19-8-4-3-7-16(19)12-20(28)23-26-18(15-30-23)22(29)24-13-17-14-27-11-6-5-9-21(27)25-17/h3-9,11-12,14-15H,2,10,13H2,1H3,(H,24,29). The van der Waals surface area contributed by atoms with Gasteiger partial charge in [-0.15, -0.1) is 11.3 Å². The Labute approximate surface area is 177 Å². The van der Waals surface area contributed by atoms with Gasteiger partial charge in [0.25, 0.3) is 5.91 Å². The van der Waals surface area contributed by atoms with E-state index in [4.69, 9.17) is 0 Å². The SMILES string of the molecule is CCCn1c(-c2nc(C(=O)NCc3cn4ccccc4n3)cs2)cc2ccccc21. The second kappa shape index (κ2) is 7.76. The third-order valence-electron chi connectivity index (χ3n) is 5.06. The second-order valence-corrected chi connectivity index (χ2v) is 8.02. The Morgan fingerprint density at radius 1 is 1.13 bits per heavy atom. The number of pyridine rings is 1. The molecule has 1 aromatic carbocycles. The molecule has 1 N–H and O–H groups in total. The highest BCUT2D eigenvalue weighted by molar-refractivity contribution is 7.13. The lowest BCUT2D eigenvalue weighted by Crippen LogP contribution is -2.23. The third kappa shape index (κ3) is 3.37. The smallest absolute Gasteiger partial charge is 0.271 e. The molecule has 0 saturated heterocycles. The molecule has 0 atom stereocenters. The van der Waals surface area contributed by atoms with E-state index in [1.54, 1.807) is 0 Å². The number of hydrogen-bond donors (Lipinski definition) is 1. The van der Waals surface area contributed by atoms with Crippen molar-refractivity contribution < 1.29 is 4.79 Å². The van der Waals surface area contributed by atoms with Crippen LogP contribution < -0.4 is 5.32 Å². The summed E-state index contributed by atoms with van der Waals surface area (Å²) in [6.07, 6.45) is 4.89. The maximum Gasteiger partial charge on any atom is 0.271 e. The Morgan fingerprint density at radius 3 is 2.87 bits per heavy atom. The lowest BCUT2D eigenvalue weighted by Gasteiger charge is -2.07. The van der Waals surface area contributed by atoms with Crippen LogP contribution in [0.15, 0.2) is 66.3 Å². The van der Waals surface area contributed by atoms with Crippen molar-refractivity contribution in [3.05, 3.63) is 77.7 Å². The van der Waals surface area contributed by atoms with E-state index in [2.05, 4.69) is 51.0 Å². The lowest BCUT2D eigenvalue weighted by molar-refractivity contribution is 0.0946. The molecule has 5 aromatic rings. The minimum Gasteiger partial charge on any atom is -0.345 e. The number of nitrogens with one attached hydrogen (secondary N) is 1. The van der Waals surface area contributed by atoms with Crippen molar-refractivity contribution in [2.24, 2.45) is 0 Å². The van der Waals surface area contributed by atoms with Gasteiger partial charge in [0.05, 0.1) is 17.9 Å². The monoisotopic (exact) mass is 415 g/mol. The Bertz CT molecular complexity index is 1310. The second-order valence-electron chi connectivity index (χ2n) is 7.16. The highest BCUT2D eigenvalue weighted by atomic mass is 32.1. The number of carbonyl (C=O) groups excluding carboxylic acids is 1. The number of imidazole rings is 1. The van der Waals surface area contributed by atoms with Gasteiger partial charge >= 0.3 is 0 Å². The quantitative estimate of drug-likeness (QED) is 0.435. The zero-order valence-corrected chi connectivity index (χ0v) is 17.4. The molecule has 0 bridgehead atoms. The molecule has 0 fully saturated rings. The van der Waals surface area contributed by atoms with Crippen LogP contribution in [-0.2, 0) is 13.1 Å². The maximum atomic E-state index is 12.7. The minimum absolute atomic E-state index is 0.187. The first-order valence-electron chi connectivity index (χ1n) is 9.98. The van der Waals surface area contributed by atoms with Crippen LogP contribution in [0.25, 0.3) is 27.3 Å². The van der Waals surface area contributed by atoms with Gasteiger partial charge in [0.1, 0.15) is 16.3 Å². The first-order chi connectivity index (χ1) is 14.7. The van der Waals surface area contributed by atoms with Crippen molar-refractivity contribution >= 4 is 33.8 Å². The Morgan fingerprint density at radius 2 is 2.00 bits per heavy atom. The number of rotatable bonds is 6. The van der Waals surface area contributed by atoms with Gasteiger partial charge in [-0.1, -0.05) is 31.2 Å². The first kappa shape index (κ1) is 18.6. The lowest BCUT2D eigenvalue weighted by atomic mass is 10.2. The summed E-state index contributed by atoms with van der Waals surface area (Å²) in [6, 6.07) is 16.3. The van der Waals surface area contributed by atoms with Crippen molar-refractivity contribution in [1.29, 1.82) is 0 Å². The summed E-state index contributed by atoms with van der Waals surface area (Å²) in [7, 11) is 0. The summed E-state index contributed by atoms with van der Waals surface area (Å²) in [5.74, 6) is -0.187. The number of fused-ring (bicyclic) bond motifs is 2. The topological polar surface area (TPSA) is 64.2 Å². The number of benzene rings is 1. The average molecular weight is 416 g/mol. The molecule has 7 heteroatoms. The highest BCUT2D eigenvalue weighted by Crippen LogP contribution is 2.30. The van der Waals surface area contributed by atoms with Crippen molar-refractivity contribution in [1.82, 2.24) is 24.3 Å². The van der Waals surface area contributed by atoms with E-state index in [0.29, 0.717) is 12.2 Å². The van der Waals surface area contributed by atoms with E-state index in [1.807, 2.05) is 46.4 Å². The van der Waals surface area contributed by atoms with Gasteiger partial charge in [-0.25, -0.2) is 9.97 Å². The molecule has 5 rings (SSSR count). The summed E-state index contributed by atoms with van der Waals surface area (Å²) >= 11 is 1.50. The minimum atomic E-state index is -0.187. The van der Waals surface area contributed by atoms with Crippen LogP contribution in [0.5, 0.6) is 0 Å². The average Bonchev–Trinajstić information content (AvgIpc) is 3.49. The zero-order valence-electron chi connectivity index (χ0n) is 16.6. The summed E-state index contributed by atoms with van der Waals surface area (Å²) in [5, 5.41) is 6.80. The molecule has 0 unspecified atom stereocenters. The largest absolute Gasteiger partial charge is 0.345 e. The molecular weight excluding hydrogens is 394 g/mol. The Kier molecular flexibility index (Phi) is 4.80. The van der Waals surface area contributed by atoms with Gasteiger partial charge < -0.3 is 14.3 Å². The fourth-order valence-corrected chi connectivity index (χ4v) is 4.51. The predicted molar refractivity (Wildman–Crippen MR) is 120 cm³/mol. The van der Waals surface area contributed by atoms with Crippen LogP contribution in [0, 0.1) is 0 Å². The van der Waals surface area contributed by atoms with Crippen molar-refractivity contribution in [2.75, 3.05) is 0 Å². The molecular formula is C23H21N5OS. The molecule has 30 heavy (non-hydrogen) atoms. The van der Waals surface area contributed by atoms with Crippen LogP contribution in [0.4, 0.5) is 0 Å². The number of aromatic nitrogens is 4. The van der Waals surface area contributed by atoms with E-state index in [-0.39, 0.29) is 5.91 Å². The number of para-hydroxylation sites is 1. The van der Waals surface area contributed by atoms with Gasteiger partial charge in [0.15, 0.2) is 0 Å². The molecule has 4 aromatic heterocycles. The van der Waals surface area contributed by atoms with E-state index in [9.17, 15) is 4.79 Å². The molecule has 4 heterocycles. The summed E-state index contributed by atoms with van der Waals surface area (Å²) in [4.78, 5) is 21.8. The fourth-order valence-electron chi connectivity index (χ4n) is 3.68. The molecule has 0 radical (unpaired) electrons. The number of aryl methyl sites for hydroxylation is 1. The Balaban J connectivity index is 1.36. The van der Waals surface area contributed by atoms with Crippen molar-refractivity contribution in [2.45, 2.75) is 26.4 Å². The van der Waals surface area contributed by atoms with Crippen LogP contribution in [0.3, 0.4) is 0 Å². The number of hydrogen-bond acceptors (Lipinski definition) is 4. The van der Waals surface area contributed by atoms with Crippen LogP contribution in [-0.4, -0.2) is 24.8 Å². The van der Waals surface area contributed by atoms with Gasteiger partial charge in [-0.05, 0) is 30.7 Å². The van der Waals surface area contributed by atoms with E-state index >= 15 is 0 Å². The van der Waals surface area contributed by atoms with Crippen LogP contribution in [0.2, 0.25) is 0 Å². The van der Waals surface area contributed by atoms with Gasteiger partial charge in [0.2, 0.25) is 0 Å². The Hall–Kier alpha value is -3.45. The van der Waals surface area contributed by atoms with Crippen molar-refractivity contribution in [3.63, 3.8) is 0 Å². The van der Waals surface area contributed by atoms with E-state index in [0.717, 1.165) is 35.0 Å². The van der Waals surface area contributed by atoms with Crippen molar-refractivity contribution in [3.8, 4) is 10.7 Å². The molecule has 0 aliphatic rings. The summed E-state index contributed by atoms with van der Waals surface area (Å²) in [5.41, 5.74) is 4.37. The normalized spacial score (nSPS) is 11.4. The predicted octanol–water partition coefficient (Wildman–Crippen LogP) is 4.75. The number of carbonyl (C=O) groups is 1. The molecule has 1 amide bonds. The molecule has 0 saturated carbocycles. The molecule has 0 aliphatic carbocycles. The molecule has 6 nitrogen and oxygen atoms in total. The third-order valence-corrected chi connectivity index (χ3v) is 5.92. The summed E-state index contributed by atoms with van der Waals surface area (Å²) < 4.78 is 4.22. The summed E-state index contributed by atoms with van der Waals surface area (Å²) in [6.45, 7) is 3.44. The fraction of sp³-hybridized carbons (Fsp3) is 0.174. The van der Waals surface area contributed by atoms with Gasteiger partial charge in [0, 0.05) is 35.2 Å². The highest BCUT2D eigenvalue weighted by Gasteiger charge is 2.16. The maximum absolute atomic E-state index is 12.7. The first-order valence-corrected chi connectivity index (χ1v) is 10.9. The zero-order chi connectivity index (χ0) is 20.5. The van der Waals surface area contributed by atoms with E-state index < -0.39 is 0 Å². The van der Waals surface area contributed by atoms with E-state index in [1.165, 1.54) is 22.2 Å².